The van der Waals surface area contributed by atoms with Gasteiger partial charge >= 0.3 is 6.36 Å². The number of benzene rings is 1. The molecule has 2 aliphatic rings. The van der Waals surface area contributed by atoms with Crippen LogP contribution in [0.5, 0.6) is 5.75 Å². The number of ether oxygens (including phenoxy) is 1. The van der Waals surface area contributed by atoms with E-state index >= 15 is 0 Å². The number of hydrogen-bond donors (Lipinski definition) is 1. The second-order valence-corrected chi connectivity index (χ2v) is 6.63. The molecule has 0 unspecified atom stereocenters. The summed E-state index contributed by atoms with van der Waals surface area (Å²) in [6.07, 6.45) is -1.20. The van der Waals surface area contributed by atoms with Gasteiger partial charge in [0.15, 0.2) is 0 Å². The van der Waals surface area contributed by atoms with Gasteiger partial charge in [-0.1, -0.05) is 30.5 Å². The fourth-order valence-corrected chi connectivity index (χ4v) is 3.32. The summed E-state index contributed by atoms with van der Waals surface area (Å²) in [7, 11) is 0. The molecule has 25 heavy (non-hydrogen) atoms. The first-order valence-electron chi connectivity index (χ1n) is 7.92. The lowest BCUT2D eigenvalue weighted by atomic mass is 9.98. The topological polar surface area (TPSA) is 24.5 Å². The van der Waals surface area contributed by atoms with Gasteiger partial charge in [-0.05, 0) is 30.0 Å². The number of alkyl halides is 3. The van der Waals surface area contributed by atoms with Crippen molar-refractivity contribution in [2.24, 2.45) is 5.92 Å². The molecular weight excluding hydrogens is 400 g/mol. The van der Waals surface area contributed by atoms with Crippen LogP contribution in [-0.2, 0) is 0 Å². The molecule has 0 radical (unpaired) electrons. The van der Waals surface area contributed by atoms with Crippen molar-refractivity contribution in [3.05, 3.63) is 28.8 Å². The Bertz CT molecular complexity index is 550. The Morgan fingerprint density at radius 3 is 2.36 bits per heavy atom. The first-order valence-corrected chi connectivity index (χ1v) is 8.30. The maximum absolute atomic E-state index is 12.4. The summed E-state index contributed by atoms with van der Waals surface area (Å²) >= 11 is 6.01. The van der Waals surface area contributed by atoms with Gasteiger partial charge in [0.25, 0.3) is 0 Å². The van der Waals surface area contributed by atoms with Crippen molar-refractivity contribution in [3.8, 4) is 5.75 Å². The molecular formula is C16H22Cl3F3N2O. The van der Waals surface area contributed by atoms with E-state index in [-0.39, 0.29) is 41.6 Å². The van der Waals surface area contributed by atoms with Gasteiger partial charge < -0.3 is 10.1 Å². The van der Waals surface area contributed by atoms with Gasteiger partial charge in [-0.3, -0.25) is 4.90 Å². The number of halogens is 6. The molecule has 1 saturated heterocycles. The van der Waals surface area contributed by atoms with E-state index in [1.807, 2.05) is 0 Å². The second-order valence-electron chi connectivity index (χ2n) is 6.22. The molecule has 1 saturated carbocycles. The predicted octanol–water partition coefficient (Wildman–Crippen LogP) is 4.83. The molecule has 1 aliphatic heterocycles. The fraction of sp³-hybridized carbons (Fsp3) is 0.625. The van der Waals surface area contributed by atoms with E-state index in [1.165, 1.54) is 18.9 Å². The average Bonchev–Trinajstić information content (AvgIpc) is 3.31. The summed E-state index contributed by atoms with van der Waals surface area (Å²) < 4.78 is 41.0. The van der Waals surface area contributed by atoms with Crippen molar-refractivity contribution in [2.75, 3.05) is 26.2 Å². The maximum Gasteiger partial charge on any atom is 0.573 e. The van der Waals surface area contributed by atoms with Crippen LogP contribution in [0.2, 0.25) is 5.02 Å². The highest BCUT2D eigenvalue weighted by molar-refractivity contribution is 6.32. The minimum absolute atomic E-state index is 0. The summed E-state index contributed by atoms with van der Waals surface area (Å²) in [5.74, 6) is 0.383. The summed E-state index contributed by atoms with van der Waals surface area (Å²) in [6, 6.07) is 4.87. The largest absolute Gasteiger partial charge is 0.573 e. The Labute approximate surface area is 163 Å². The molecule has 1 atom stereocenters. The molecule has 1 aromatic rings. The molecule has 3 nitrogen and oxygen atoms in total. The lowest BCUT2D eigenvalue weighted by molar-refractivity contribution is -0.274. The molecule has 0 amide bonds. The van der Waals surface area contributed by atoms with E-state index in [0.717, 1.165) is 44.1 Å². The van der Waals surface area contributed by atoms with Crippen LogP contribution < -0.4 is 10.1 Å². The van der Waals surface area contributed by atoms with Crippen LogP contribution >= 0.6 is 36.4 Å². The van der Waals surface area contributed by atoms with Crippen LogP contribution in [0.4, 0.5) is 13.2 Å². The molecule has 144 valence electrons. The summed E-state index contributed by atoms with van der Waals surface area (Å²) in [5.41, 5.74) is 0.971. The van der Waals surface area contributed by atoms with Crippen molar-refractivity contribution in [2.45, 2.75) is 31.7 Å². The standard InChI is InChI=1S/C16H20ClF3N2O.2ClH/c17-13-10-12(3-4-15(13)23-16(18,19)20)14(9-11-1-2-11)22-7-5-21-6-8-22;;/h3-4,10-11,14,21H,1-2,5-9H2;2*1H/t14-;;/m0../s1. The van der Waals surface area contributed by atoms with Crippen molar-refractivity contribution >= 4 is 36.4 Å². The third-order valence-corrected chi connectivity index (χ3v) is 4.71. The van der Waals surface area contributed by atoms with E-state index in [9.17, 15) is 13.2 Å². The highest BCUT2D eigenvalue weighted by atomic mass is 35.5. The van der Waals surface area contributed by atoms with Gasteiger partial charge in [-0.15, -0.1) is 38.0 Å². The van der Waals surface area contributed by atoms with E-state index in [4.69, 9.17) is 11.6 Å². The SMILES string of the molecule is Cl.Cl.FC(F)(F)Oc1ccc([C@H](CC2CC2)N2CCNCC2)cc1Cl. The summed E-state index contributed by atoms with van der Waals surface area (Å²) in [4.78, 5) is 2.39. The third kappa shape index (κ3) is 6.68. The van der Waals surface area contributed by atoms with E-state index in [0.29, 0.717) is 0 Å². The Morgan fingerprint density at radius 2 is 1.84 bits per heavy atom. The molecule has 1 aliphatic carbocycles. The van der Waals surface area contributed by atoms with Gasteiger partial charge in [0.1, 0.15) is 5.75 Å². The molecule has 1 heterocycles. The third-order valence-electron chi connectivity index (χ3n) is 4.41. The second kappa shape index (κ2) is 9.51. The van der Waals surface area contributed by atoms with Crippen LogP contribution in [0.15, 0.2) is 18.2 Å². The zero-order valence-electron chi connectivity index (χ0n) is 13.5. The lowest BCUT2D eigenvalue weighted by Crippen LogP contribution is -2.45. The number of rotatable bonds is 5. The van der Waals surface area contributed by atoms with Crippen LogP contribution in [-0.4, -0.2) is 37.4 Å². The predicted molar refractivity (Wildman–Crippen MR) is 97.2 cm³/mol. The van der Waals surface area contributed by atoms with E-state index in [1.54, 1.807) is 12.1 Å². The smallest absolute Gasteiger partial charge is 0.404 e. The average molecular weight is 422 g/mol. The van der Waals surface area contributed by atoms with Gasteiger partial charge in [0.2, 0.25) is 0 Å². The molecule has 1 aromatic carbocycles. The van der Waals surface area contributed by atoms with Crippen molar-refractivity contribution in [1.82, 2.24) is 10.2 Å². The van der Waals surface area contributed by atoms with Crippen molar-refractivity contribution < 1.29 is 17.9 Å². The Morgan fingerprint density at radius 1 is 1.20 bits per heavy atom. The van der Waals surface area contributed by atoms with Crippen molar-refractivity contribution in [3.63, 3.8) is 0 Å². The number of nitrogens with zero attached hydrogens (tertiary/aromatic N) is 1. The van der Waals surface area contributed by atoms with E-state index < -0.39 is 6.36 Å². The summed E-state index contributed by atoms with van der Waals surface area (Å²) in [6.45, 7) is 3.75. The van der Waals surface area contributed by atoms with E-state index in [2.05, 4.69) is 15.0 Å². The maximum atomic E-state index is 12.4. The highest BCUT2D eigenvalue weighted by Crippen LogP contribution is 2.41. The molecule has 3 rings (SSSR count). The fourth-order valence-electron chi connectivity index (χ4n) is 3.09. The minimum atomic E-state index is -4.73. The highest BCUT2D eigenvalue weighted by Gasteiger charge is 2.33. The normalized spacial score (nSPS) is 19.5. The molecule has 0 bridgehead atoms. The Balaban J connectivity index is 0.00000156. The monoisotopic (exact) mass is 420 g/mol. The first-order chi connectivity index (χ1) is 10.9. The quantitative estimate of drug-likeness (QED) is 0.737. The van der Waals surface area contributed by atoms with Crippen LogP contribution in [0, 0.1) is 5.92 Å². The van der Waals surface area contributed by atoms with Crippen LogP contribution in [0.1, 0.15) is 30.9 Å². The molecule has 9 heteroatoms. The zero-order chi connectivity index (χ0) is 16.4. The number of piperazine rings is 1. The number of hydrogen-bond acceptors (Lipinski definition) is 3. The molecule has 2 fully saturated rings. The number of nitrogens with one attached hydrogen (secondary N) is 1. The van der Waals surface area contributed by atoms with Gasteiger partial charge in [0, 0.05) is 32.2 Å². The molecule has 1 N–H and O–H groups in total. The lowest BCUT2D eigenvalue weighted by Gasteiger charge is -2.35. The first kappa shape index (κ1) is 22.6. The van der Waals surface area contributed by atoms with Gasteiger partial charge in [-0.2, -0.15) is 0 Å². The minimum Gasteiger partial charge on any atom is -0.404 e. The van der Waals surface area contributed by atoms with Gasteiger partial charge in [-0.25, -0.2) is 0 Å². The molecule has 0 spiro atoms. The van der Waals surface area contributed by atoms with Crippen LogP contribution in [0.3, 0.4) is 0 Å². The Kier molecular flexibility index (Phi) is 8.61. The molecule has 0 aromatic heterocycles. The summed E-state index contributed by atoms with van der Waals surface area (Å²) in [5, 5.41) is 3.33. The van der Waals surface area contributed by atoms with Crippen LogP contribution in [0.25, 0.3) is 0 Å². The van der Waals surface area contributed by atoms with Crippen molar-refractivity contribution in [1.29, 1.82) is 0 Å². The zero-order valence-corrected chi connectivity index (χ0v) is 15.9. The Hall–Kier alpha value is -0.400. The van der Waals surface area contributed by atoms with Gasteiger partial charge in [0.05, 0.1) is 5.02 Å².